The normalized spacial score (nSPS) is 22.3. The zero-order chi connectivity index (χ0) is 14.3. The van der Waals surface area contributed by atoms with Gasteiger partial charge in [-0.3, -0.25) is 9.69 Å². The summed E-state index contributed by atoms with van der Waals surface area (Å²) < 4.78 is 5.05. The molecule has 19 heavy (non-hydrogen) atoms. The molecule has 1 unspecified atom stereocenters. The zero-order valence-corrected chi connectivity index (χ0v) is 12.6. The number of unbranched alkanes of at least 4 members (excludes halogenated alkanes) is 1. The number of rotatable bonds is 6. The maximum Gasteiger partial charge on any atom is 0.410 e. The van der Waals surface area contributed by atoms with Gasteiger partial charge in [0.1, 0.15) is 12.1 Å². The third-order valence-electron chi connectivity index (χ3n) is 3.36. The predicted molar refractivity (Wildman–Crippen MR) is 78.3 cm³/mol. The molecular weight excluding hydrogens is 262 g/mol. The minimum absolute atomic E-state index is 0.0778. The number of likely N-dealkylation sites (tertiary alicyclic amines) is 1. The average Bonchev–Trinajstić information content (AvgIpc) is 2.79. The third-order valence-corrected chi connectivity index (χ3v) is 4.55. The smallest absolute Gasteiger partial charge is 0.410 e. The summed E-state index contributed by atoms with van der Waals surface area (Å²) in [7, 11) is 0. The SMILES string of the molecule is C=CCOC(=O)N1CCCC1(C)C(=O)SCCCC. The molecule has 0 aromatic heterocycles. The molecule has 1 aliphatic heterocycles. The molecule has 0 spiro atoms. The van der Waals surface area contributed by atoms with Crippen LogP contribution >= 0.6 is 11.8 Å². The van der Waals surface area contributed by atoms with E-state index in [2.05, 4.69) is 13.5 Å². The molecule has 1 rings (SSSR count). The van der Waals surface area contributed by atoms with Gasteiger partial charge >= 0.3 is 6.09 Å². The van der Waals surface area contributed by atoms with Crippen LogP contribution in [0.5, 0.6) is 0 Å². The first kappa shape index (κ1) is 16.1. The minimum atomic E-state index is -0.712. The maximum absolute atomic E-state index is 12.3. The lowest BCUT2D eigenvalue weighted by molar-refractivity contribution is -0.119. The summed E-state index contributed by atoms with van der Waals surface area (Å²) in [5.41, 5.74) is -0.712. The number of hydrogen-bond donors (Lipinski definition) is 0. The highest BCUT2D eigenvalue weighted by Crippen LogP contribution is 2.34. The Bertz CT molecular complexity index is 346. The van der Waals surface area contributed by atoms with Crippen molar-refractivity contribution in [3.8, 4) is 0 Å². The molecule has 0 aromatic carbocycles. The van der Waals surface area contributed by atoms with Gasteiger partial charge in [-0.1, -0.05) is 37.8 Å². The molecule has 0 aliphatic carbocycles. The van der Waals surface area contributed by atoms with Crippen molar-refractivity contribution in [3.63, 3.8) is 0 Å². The fourth-order valence-electron chi connectivity index (χ4n) is 2.14. The van der Waals surface area contributed by atoms with Crippen molar-refractivity contribution in [3.05, 3.63) is 12.7 Å². The van der Waals surface area contributed by atoms with Crippen LogP contribution < -0.4 is 0 Å². The number of nitrogens with zero attached hydrogens (tertiary/aromatic N) is 1. The van der Waals surface area contributed by atoms with Gasteiger partial charge in [-0.2, -0.15) is 0 Å². The van der Waals surface area contributed by atoms with Gasteiger partial charge in [0.05, 0.1) is 0 Å². The fraction of sp³-hybridized carbons (Fsp3) is 0.714. The second kappa shape index (κ2) is 7.58. The Labute approximate surface area is 119 Å². The first-order valence-electron chi connectivity index (χ1n) is 6.78. The van der Waals surface area contributed by atoms with Crippen molar-refractivity contribution in [1.29, 1.82) is 0 Å². The van der Waals surface area contributed by atoms with E-state index in [4.69, 9.17) is 4.74 Å². The minimum Gasteiger partial charge on any atom is -0.445 e. The van der Waals surface area contributed by atoms with Crippen molar-refractivity contribution < 1.29 is 14.3 Å². The Hall–Kier alpha value is -0.970. The zero-order valence-electron chi connectivity index (χ0n) is 11.8. The summed E-state index contributed by atoms with van der Waals surface area (Å²) >= 11 is 1.33. The topological polar surface area (TPSA) is 46.6 Å². The molecule has 5 heteroatoms. The molecule has 1 saturated heterocycles. The Morgan fingerprint density at radius 1 is 1.53 bits per heavy atom. The molecular formula is C14H23NO3S. The summed E-state index contributed by atoms with van der Waals surface area (Å²) in [6.07, 6.45) is 4.77. The number of carbonyl (C=O) groups is 2. The van der Waals surface area contributed by atoms with Crippen LogP contribution in [-0.2, 0) is 9.53 Å². The number of amides is 1. The van der Waals surface area contributed by atoms with Gasteiger partial charge in [-0.15, -0.1) is 0 Å². The van der Waals surface area contributed by atoms with Crippen LogP contribution in [0.4, 0.5) is 4.79 Å². The van der Waals surface area contributed by atoms with Crippen LogP contribution in [0.1, 0.15) is 39.5 Å². The Balaban J connectivity index is 2.63. The van der Waals surface area contributed by atoms with E-state index in [-0.39, 0.29) is 11.7 Å². The molecule has 0 saturated carbocycles. The summed E-state index contributed by atoms with van der Waals surface area (Å²) in [6, 6.07) is 0. The van der Waals surface area contributed by atoms with E-state index in [1.54, 1.807) is 4.90 Å². The first-order chi connectivity index (χ1) is 9.06. The van der Waals surface area contributed by atoms with Crippen LogP contribution in [0, 0.1) is 0 Å². The summed E-state index contributed by atoms with van der Waals surface area (Å²) in [5, 5.41) is 0.0778. The van der Waals surface area contributed by atoms with E-state index < -0.39 is 11.6 Å². The van der Waals surface area contributed by atoms with Crippen molar-refractivity contribution in [2.24, 2.45) is 0 Å². The fourth-order valence-corrected chi connectivity index (χ4v) is 3.28. The highest BCUT2D eigenvalue weighted by Gasteiger charge is 2.46. The molecule has 1 fully saturated rings. The molecule has 1 atom stereocenters. The third kappa shape index (κ3) is 4.00. The largest absolute Gasteiger partial charge is 0.445 e. The highest BCUT2D eigenvalue weighted by atomic mass is 32.2. The molecule has 1 aliphatic rings. The Morgan fingerprint density at radius 3 is 2.89 bits per heavy atom. The van der Waals surface area contributed by atoms with Crippen molar-refractivity contribution in [1.82, 2.24) is 4.90 Å². The number of hydrogen-bond acceptors (Lipinski definition) is 4. The highest BCUT2D eigenvalue weighted by molar-refractivity contribution is 8.13. The quantitative estimate of drug-likeness (QED) is 0.555. The van der Waals surface area contributed by atoms with Crippen LogP contribution in [0.15, 0.2) is 12.7 Å². The van der Waals surface area contributed by atoms with Crippen LogP contribution in [0.3, 0.4) is 0 Å². The lowest BCUT2D eigenvalue weighted by Crippen LogP contribution is -2.50. The first-order valence-corrected chi connectivity index (χ1v) is 7.77. The van der Waals surface area contributed by atoms with E-state index in [0.717, 1.165) is 25.0 Å². The molecule has 0 radical (unpaired) electrons. The molecule has 0 aromatic rings. The molecule has 1 heterocycles. The number of ether oxygens (including phenoxy) is 1. The van der Waals surface area contributed by atoms with Gasteiger partial charge in [0.15, 0.2) is 0 Å². The number of thioether (sulfide) groups is 1. The van der Waals surface area contributed by atoms with Crippen molar-refractivity contribution >= 4 is 23.0 Å². The van der Waals surface area contributed by atoms with Gasteiger partial charge in [0, 0.05) is 12.3 Å². The molecule has 0 bridgehead atoms. The Kier molecular flexibility index (Phi) is 6.42. The van der Waals surface area contributed by atoms with E-state index in [1.165, 1.54) is 17.8 Å². The molecule has 0 N–H and O–H groups in total. The molecule has 4 nitrogen and oxygen atoms in total. The Morgan fingerprint density at radius 2 is 2.26 bits per heavy atom. The summed E-state index contributed by atoms with van der Waals surface area (Å²) in [6.45, 7) is 8.23. The van der Waals surface area contributed by atoms with Gasteiger partial charge < -0.3 is 4.74 Å². The van der Waals surface area contributed by atoms with Gasteiger partial charge in [-0.05, 0) is 26.2 Å². The van der Waals surface area contributed by atoms with Crippen molar-refractivity contribution in [2.45, 2.75) is 45.1 Å². The molecule has 108 valence electrons. The second-order valence-electron chi connectivity index (χ2n) is 4.88. The van der Waals surface area contributed by atoms with E-state index >= 15 is 0 Å². The van der Waals surface area contributed by atoms with Crippen molar-refractivity contribution in [2.75, 3.05) is 18.9 Å². The standard InChI is InChI=1S/C14H23NO3S/c1-4-6-11-19-12(16)14(3)8-7-9-15(14)13(17)18-10-5-2/h5H,2,4,6-11H2,1,3H3. The van der Waals surface area contributed by atoms with E-state index in [9.17, 15) is 9.59 Å². The lowest BCUT2D eigenvalue weighted by atomic mass is 10.0. The van der Waals surface area contributed by atoms with Gasteiger partial charge in [0.2, 0.25) is 5.12 Å². The van der Waals surface area contributed by atoms with E-state index in [1.807, 2.05) is 6.92 Å². The maximum atomic E-state index is 12.3. The second-order valence-corrected chi connectivity index (χ2v) is 5.95. The van der Waals surface area contributed by atoms with E-state index in [0.29, 0.717) is 13.0 Å². The van der Waals surface area contributed by atoms with Gasteiger partial charge in [-0.25, -0.2) is 4.79 Å². The number of carbonyl (C=O) groups excluding carboxylic acids is 2. The lowest BCUT2D eigenvalue weighted by Gasteiger charge is -2.32. The van der Waals surface area contributed by atoms with Crippen LogP contribution in [-0.4, -0.2) is 40.6 Å². The molecule has 1 amide bonds. The van der Waals surface area contributed by atoms with Gasteiger partial charge in [0.25, 0.3) is 0 Å². The monoisotopic (exact) mass is 285 g/mol. The summed E-state index contributed by atoms with van der Waals surface area (Å²) in [4.78, 5) is 25.8. The average molecular weight is 285 g/mol. The predicted octanol–water partition coefficient (Wildman–Crippen LogP) is 3.22. The van der Waals surface area contributed by atoms with Crippen LogP contribution in [0.25, 0.3) is 0 Å². The van der Waals surface area contributed by atoms with Crippen LogP contribution in [0.2, 0.25) is 0 Å². The summed E-state index contributed by atoms with van der Waals surface area (Å²) in [5.74, 6) is 0.820.